The number of quaternary nitrogens is 1. The summed E-state index contributed by atoms with van der Waals surface area (Å²) in [5.41, 5.74) is 0.860. The Kier molecular flexibility index (Phi) is 8.11. The van der Waals surface area contributed by atoms with Crippen LogP contribution in [0, 0.1) is 5.92 Å². The van der Waals surface area contributed by atoms with Gasteiger partial charge in [-0.2, -0.15) is 0 Å². The number of benzene rings is 1. The molecule has 1 aromatic rings. The standard InChI is InChI=1S/C22H36NO3/c1-4-23(3,5-2)16-17-26-22(25)20(18-12-8-6-9-13-18)21(24)19-14-10-7-11-15-19/h6,8-9,12-13,19-21,24H,4-5,7,10-11,14-17H2,1-3H3/q+1/t20-,21+/m0/s1. The highest BCUT2D eigenvalue weighted by atomic mass is 16.5. The van der Waals surface area contributed by atoms with Crippen LogP contribution in [-0.4, -0.2) is 55.0 Å². The number of carbonyl (C=O) groups excluding carboxylic acids is 1. The Morgan fingerprint density at radius 3 is 2.35 bits per heavy atom. The minimum absolute atomic E-state index is 0.189. The largest absolute Gasteiger partial charge is 0.459 e. The third-order valence-corrected chi connectivity index (χ3v) is 6.29. The van der Waals surface area contributed by atoms with Gasteiger partial charge in [-0.15, -0.1) is 0 Å². The van der Waals surface area contributed by atoms with Gasteiger partial charge in [-0.05, 0) is 38.2 Å². The monoisotopic (exact) mass is 362 g/mol. The summed E-state index contributed by atoms with van der Waals surface area (Å²) in [5.74, 6) is -0.678. The fraction of sp³-hybridized carbons (Fsp3) is 0.682. The molecule has 0 amide bonds. The highest BCUT2D eigenvalue weighted by Gasteiger charge is 2.36. The fourth-order valence-electron chi connectivity index (χ4n) is 3.88. The van der Waals surface area contributed by atoms with Gasteiger partial charge in [0.2, 0.25) is 0 Å². The number of aliphatic hydroxyl groups is 1. The minimum Gasteiger partial charge on any atom is -0.459 e. The number of hydrogen-bond acceptors (Lipinski definition) is 3. The van der Waals surface area contributed by atoms with Crippen molar-refractivity contribution in [3.8, 4) is 0 Å². The summed E-state index contributed by atoms with van der Waals surface area (Å²) in [5, 5.41) is 11.0. The van der Waals surface area contributed by atoms with Gasteiger partial charge in [0, 0.05) is 0 Å². The van der Waals surface area contributed by atoms with E-state index in [2.05, 4.69) is 20.9 Å². The van der Waals surface area contributed by atoms with E-state index >= 15 is 0 Å². The minimum atomic E-state index is -0.663. The molecule has 1 saturated carbocycles. The Morgan fingerprint density at radius 2 is 1.77 bits per heavy atom. The lowest BCUT2D eigenvalue weighted by molar-refractivity contribution is -0.906. The van der Waals surface area contributed by atoms with Crippen LogP contribution < -0.4 is 0 Å². The van der Waals surface area contributed by atoms with Crippen LogP contribution in [0.5, 0.6) is 0 Å². The first kappa shape index (κ1) is 20.9. The molecule has 2 rings (SSSR count). The second-order valence-electron chi connectivity index (χ2n) is 7.92. The Bertz CT molecular complexity index is 536. The summed E-state index contributed by atoms with van der Waals surface area (Å²) in [6.45, 7) is 7.55. The van der Waals surface area contributed by atoms with Crippen molar-refractivity contribution in [3.05, 3.63) is 35.9 Å². The van der Waals surface area contributed by atoms with Gasteiger partial charge in [0.25, 0.3) is 0 Å². The molecule has 0 radical (unpaired) electrons. The van der Waals surface area contributed by atoms with E-state index in [9.17, 15) is 9.90 Å². The van der Waals surface area contributed by atoms with Crippen LogP contribution in [-0.2, 0) is 9.53 Å². The first-order chi connectivity index (χ1) is 12.5. The van der Waals surface area contributed by atoms with Crippen molar-refractivity contribution in [1.82, 2.24) is 0 Å². The van der Waals surface area contributed by atoms with Crippen LogP contribution in [0.1, 0.15) is 57.4 Å². The summed E-state index contributed by atoms with van der Waals surface area (Å²) in [6, 6.07) is 9.63. The smallest absolute Gasteiger partial charge is 0.316 e. The van der Waals surface area contributed by atoms with Crippen molar-refractivity contribution in [1.29, 1.82) is 0 Å². The number of aliphatic hydroxyl groups excluding tert-OH is 1. The number of esters is 1. The van der Waals surface area contributed by atoms with Gasteiger partial charge in [-0.25, -0.2) is 0 Å². The lowest BCUT2D eigenvalue weighted by Gasteiger charge is -2.33. The predicted octanol–water partition coefficient (Wildman–Crippen LogP) is 3.74. The number of ether oxygens (including phenoxy) is 1. The number of carbonyl (C=O) groups is 1. The van der Waals surface area contributed by atoms with Crippen LogP contribution in [0.25, 0.3) is 0 Å². The van der Waals surface area contributed by atoms with E-state index in [1.807, 2.05) is 30.3 Å². The zero-order valence-electron chi connectivity index (χ0n) is 16.7. The van der Waals surface area contributed by atoms with E-state index < -0.39 is 12.0 Å². The Balaban J connectivity index is 2.06. The fourth-order valence-corrected chi connectivity index (χ4v) is 3.88. The number of likely N-dealkylation sites (N-methyl/N-ethyl adjacent to an activating group) is 1. The molecule has 0 unspecified atom stereocenters. The van der Waals surface area contributed by atoms with Crippen molar-refractivity contribution in [2.75, 3.05) is 33.3 Å². The van der Waals surface area contributed by atoms with E-state index in [-0.39, 0.29) is 11.9 Å². The van der Waals surface area contributed by atoms with E-state index in [4.69, 9.17) is 4.74 Å². The molecular weight excluding hydrogens is 326 g/mol. The molecule has 0 spiro atoms. The summed E-state index contributed by atoms with van der Waals surface area (Å²) in [6.07, 6.45) is 4.84. The van der Waals surface area contributed by atoms with Crippen LogP contribution >= 0.6 is 0 Å². The zero-order chi connectivity index (χ0) is 19.0. The second kappa shape index (κ2) is 10.1. The quantitative estimate of drug-likeness (QED) is 0.538. The molecule has 1 aliphatic carbocycles. The number of hydrogen-bond donors (Lipinski definition) is 1. The predicted molar refractivity (Wildman–Crippen MR) is 105 cm³/mol. The lowest BCUT2D eigenvalue weighted by atomic mass is 9.78. The summed E-state index contributed by atoms with van der Waals surface area (Å²) in [4.78, 5) is 12.9. The Labute approximate surface area is 158 Å². The van der Waals surface area contributed by atoms with Gasteiger partial charge in [0.1, 0.15) is 19.1 Å². The van der Waals surface area contributed by atoms with Crippen molar-refractivity contribution >= 4 is 5.97 Å². The molecule has 1 aliphatic rings. The zero-order valence-corrected chi connectivity index (χ0v) is 16.7. The van der Waals surface area contributed by atoms with E-state index in [0.717, 1.165) is 55.4 Å². The van der Waals surface area contributed by atoms with Crippen molar-refractivity contribution in [2.45, 2.75) is 58.0 Å². The molecule has 0 heterocycles. The van der Waals surface area contributed by atoms with Crippen molar-refractivity contribution in [2.24, 2.45) is 5.92 Å². The second-order valence-corrected chi connectivity index (χ2v) is 7.92. The SMILES string of the molecule is CC[N+](C)(CC)CCOC(=O)[C@@H](c1ccccc1)[C@H](O)C1CCCCC1. The van der Waals surface area contributed by atoms with Crippen molar-refractivity contribution in [3.63, 3.8) is 0 Å². The average molecular weight is 363 g/mol. The highest BCUT2D eigenvalue weighted by molar-refractivity contribution is 5.79. The summed E-state index contributed by atoms with van der Waals surface area (Å²) in [7, 11) is 2.18. The Hall–Kier alpha value is -1.39. The van der Waals surface area contributed by atoms with Gasteiger partial charge >= 0.3 is 5.97 Å². The normalized spacial score (nSPS) is 18.3. The molecule has 2 atom stereocenters. The lowest BCUT2D eigenvalue weighted by Crippen LogP contribution is -2.46. The van der Waals surface area contributed by atoms with Crippen LogP contribution in [0.4, 0.5) is 0 Å². The molecule has 0 bridgehead atoms. The highest BCUT2D eigenvalue weighted by Crippen LogP contribution is 2.34. The number of rotatable bonds is 9. The topological polar surface area (TPSA) is 46.5 Å². The molecule has 1 aromatic carbocycles. The van der Waals surface area contributed by atoms with Gasteiger partial charge in [-0.3, -0.25) is 4.79 Å². The van der Waals surface area contributed by atoms with Crippen molar-refractivity contribution < 1.29 is 19.1 Å². The average Bonchev–Trinajstić information content (AvgIpc) is 2.69. The molecule has 146 valence electrons. The molecule has 4 heteroatoms. The molecule has 1 fully saturated rings. The molecule has 0 aromatic heterocycles. The molecular formula is C22H36NO3+. The summed E-state index contributed by atoms with van der Waals surface area (Å²) < 4.78 is 6.54. The molecule has 1 N–H and O–H groups in total. The summed E-state index contributed by atoms with van der Waals surface area (Å²) >= 11 is 0. The van der Waals surface area contributed by atoms with Gasteiger partial charge in [0.05, 0.1) is 26.2 Å². The third-order valence-electron chi connectivity index (χ3n) is 6.29. The maximum atomic E-state index is 12.9. The first-order valence-electron chi connectivity index (χ1n) is 10.2. The van der Waals surface area contributed by atoms with E-state index in [0.29, 0.717) is 6.61 Å². The van der Waals surface area contributed by atoms with Crippen LogP contribution in [0.3, 0.4) is 0 Å². The third kappa shape index (κ3) is 5.55. The van der Waals surface area contributed by atoms with Crippen LogP contribution in [0.2, 0.25) is 0 Å². The Morgan fingerprint density at radius 1 is 1.15 bits per heavy atom. The van der Waals surface area contributed by atoms with Gasteiger partial charge < -0.3 is 14.3 Å². The van der Waals surface area contributed by atoms with E-state index in [1.165, 1.54) is 6.42 Å². The molecule has 26 heavy (non-hydrogen) atoms. The molecule has 0 aliphatic heterocycles. The van der Waals surface area contributed by atoms with E-state index in [1.54, 1.807) is 0 Å². The molecule has 4 nitrogen and oxygen atoms in total. The maximum Gasteiger partial charge on any atom is 0.316 e. The first-order valence-corrected chi connectivity index (χ1v) is 10.2. The number of nitrogens with zero attached hydrogens (tertiary/aromatic N) is 1. The van der Waals surface area contributed by atoms with Crippen LogP contribution in [0.15, 0.2) is 30.3 Å². The van der Waals surface area contributed by atoms with Gasteiger partial charge in [-0.1, -0.05) is 49.6 Å². The van der Waals surface area contributed by atoms with Gasteiger partial charge in [0.15, 0.2) is 0 Å². The maximum absolute atomic E-state index is 12.9. The molecule has 0 saturated heterocycles.